The molecular weight excluding hydrogens is 388 g/mol. The number of H-pyrrole nitrogens is 1. The first-order chi connectivity index (χ1) is 9.61. The van der Waals surface area contributed by atoms with Crippen molar-refractivity contribution in [1.29, 1.82) is 0 Å². The molecule has 1 unspecified atom stereocenters. The van der Waals surface area contributed by atoms with Gasteiger partial charge in [0.2, 0.25) is 10.0 Å². The number of benzene rings is 1. The number of fused-ring (bicyclic) bond motifs is 1. The van der Waals surface area contributed by atoms with Gasteiger partial charge in [-0.05, 0) is 34.1 Å². The summed E-state index contributed by atoms with van der Waals surface area (Å²) in [6.45, 7) is 0. The number of carboxylic acid groups (broad SMARTS) is 1. The SMILES string of the molecule is CS(=O)(=O)N(c1cc2[nH]c(C(=O)O)cc2cc1Br)S(=O)[O-]. The van der Waals surface area contributed by atoms with Crippen molar-refractivity contribution in [2.24, 2.45) is 0 Å². The van der Waals surface area contributed by atoms with Crippen LogP contribution in [0.3, 0.4) is 0 Å². The minimum Gasteiger partial charge on any atom is -0.754 e. The van der Waals surface area contributed by atoms with E-state index in [4.69, 9.17) is 5.11 Å². The molecule has 0 saturated carbocycles. The quantitative estimate of drug-likeness (QED) is 0.747. The summed E-state index contributed by atoms with van der Waals surface area (Å²) in [5.74, 6) is -1.18. The molecule has 2 aromatic rings. The maximum Gasteiger partial charge on any atom is 0.352 e. The third-order valence-electron chi connectivity index (χ3n) is 2.55. The highest BCUT2D eigenvalue weighted by Gasteiger charge is 2.22. The first-order valence-electron chi connectivity index (χ1n) is 5.26. The molecule has 1 aromatic heterocycles. The van der Waals surface area contributed by atoms with Gasteiger partial charge >= 0.3 is 5.97 Å². The van der Waals surface area contributed by atoms with Crippen LogP contribution in [-0.2, 0) is 21.3 Å². The molecule has 0 radical (unpaired) electrons. The molecule has 1 atom stereocenters. The molecule has 1 aromatic carbocycles. The Kier molecular flexibility index (Phi) is 4.10. The van der Waals surface area contributed by atoms with Crippen LogP contribution in [0.4, 0.5) is 5.69 Å². The standard InChI is InChI=1S/C10H9BrN2O6S2/c1-21(18,19)13(20(16)17)9-4-7-5(2-6(9)11)3-8(12-7)10(14)15/h2-4,12H,1H3,(H,14,15)(H,16,17)/p-1. The van der Waals surface area contributed by atoms with Crippen molar-refractivity contribution < 1.29 is 27.1 Å². The normalized spacial score (nSPS) is 13.3. The second kappa shape index (κ2) is 5.40. The number of hydrogen-bond acceptors (Lipinski definition) is 5. The molecule has 0 bridgehead atoms. The van der Waals surface area contributed by atoms with Gasteiger partial charge in [-0.3, -0.25) is 4.21 Å². The molecule has 2 rings (SSSR count). The summed E-state index contributed by atoms with van der Waals surface area (Å²) in [5.41, 5.74) is 0.0602. The van der Waals surface area contributed by atoms with Gasteiger partial charge in [-0.25, -0.2) is 13.2 Å². The summed E-state index contributed by atoms with van der Waals surface area (Å²) in [5, 5.41) is 9.40. The molecule has 1 heterocycles. The fraction of sp³-hybridized carbons (Fsp3) is 0.100. The van der Waals surface area contributed by atoms with Crippen molar-refractivity contribution in [3.05, 3.63) is 28.4 Å². The first-order valence-corrected chi connectivity index (χ1v) is 8.94. The number of halogens is 1. The van der Waals surface area contributed by atoms with Gasteiger partial charge in [0.1, 0.15) is 5.69 Å². The van der Waals surface area contributed by atoms with E-state index in [1.54, 1.807) is 0 Å². The summed E-state index contributed by atoms with van der Waals surface area (Å²) >= 11 is 0.0405. The Morgan fingerprint density at radius 2 is 2.05 bits per heavy atom. The lowest BCUT2D eigenvalue weighted by Crippen LogP contribution is -2.31. The third kappa shape index (κ3) is 3.10. The molecule has 114 valence electrons. The van der Waals surface area contributed by atoms with Crippen LogP contribution in [0.1, 0.15) is 10.5 Å². The summed E-state index contributed by atoms with van der Waals surface area (Å²) < 4.78 is 45.9. The summed E-state index contributed by atoms with van der Waals surface area (Å²) in [7, 11) is -4.06. The highest BCUT2D eigenvalue weighted by molar-refractivity contribution is 9.10. The van der Waals surface area contributed by atoms with Gasteiger partial charge < -0.3 is 14.6 Å². The van der Waals surface area contributed by atoms with Gasteiger partial charge in [0.05, 0.1) is 23.2 Å². The van der Waals surface area contributed by atoms with Crippen LogP contribution in [0.25, 0.3) is 10.9 Å². The topological polar surface area (TPSA) is 131 Å². The summed E-state index contributed by atoms with van der Waals surface area (Å²) in [6, 6.07) is 4.02. The van der Waals surface area contributed by atoms with Gasteiger partial charge in [0.15, 0.2) is 0 Å². The lowest BCUT2D eigenvalue weighted by molar-refractivity contribution is 0.0691. The first kappa shape index (κ1) is 15.9. The largest absolute Gasteiger partial charge is 0.754 e. The predicted octanol–water partition coefficient (Wildman–Crippen LogP) is 1.19. The predicted molar refractivity (Wildman–Crippen MR) is 79.2 cm³/mol. The van der Waals surface area contributed by atoms with Crippen LogP contribution in [0.5, 0.6) is 0 Å². The van der Waals surface area contributed by atoms with Gasteiger partial charge in [0, 0.05) is 15.4 Å². The molecule has 0 aliphatic carbocycles. The second-order valence-electron chi connectivity index (χ2n) is 4.09. The van der Waals surface area contributed by atoms with Crippen molar-refractivity contribution >= 4 is 59.8 Å². The molecule has 11 heteroatoms. The van der Waals surface area contributed by atoms with Crippen molar-refractivity contribution in [1.82, 2.24) is 4.98 Å². The molecule has 0 spiro atoms. The molecule has 21 heavy (non-hydrogen) atoms. The van der Waals surface area contributed by atoms with Crippen LogP contribution < -0.4 is 3.71 Å². The van der Waals surface area contributed by atoms with Crippen LogP contribution in [0.15, 0.2) is 22.7 Å². The number of carbonyl (C=O) groups is 1. The van der Waals surface area contributed by atoms with E-state index in [9.17, 15) is 22.0 Å². The van der Waals surface area contributed by atoms with E-state index >= 15 is 0 Å². The molecule has 0 amide bonds. The number of nitrogens with one attached hydrogen (secondary N) is 1. The number of aromatic nitrogens is 1. The van der Waals surface area contributed by atoms with Gasteiger partial charge in [0.25, 0.3) is 0 Å². The fourth-order valence-corrected chi connectivity index (χ4v) is 4.24. The van der Waals surface area contributed by atoms with E-state index in [1.807, 2.05) is 0 Å². The zero-order chi connectivity index (χ0) is 15.9. The highest BCUT2D eigenvalue weighted by atomic mass is 79.9. The van der Waals surface area contributed by atoms with E-state index in [1.165, 1.54) is 18.2 Å². The number of rotatable bonds is 4. The minimum atomic E-state index is -4.06. The molecule has 0 fully saturated rings. The number of hydrogen-bond donors (Lipinski definition) is 2. The zero-order valence-corrected chi connectivity index (χ0v) is 13.6. The Balaban J connectivity index is 2.71. The Hall–Kier alpha value is -1.43. The smallest absolute Gasteiger partial charge is 0.352 e. The van der Waals surface area contributed by atoms with Crippen molar-refractivity contribution in [3.8, 4) is 0 Å². The Morgan fingerprint density at radius 3 is 2.52 bits per heavy atom. The van der Waals surface area contributed by atoms with E-state index < -0.39 is 27.3 Å². The van der Waals surface area contributed by atoms with Crippen LogP contribution in [0.2, 0.25) is 0 Å². The van der Waals surface area contributed by atoms with Gasteiger partial charge in [-0.2, -0.15) is 3.71 Å². The van der Waals surface area contributed by atoms with E-state index in [-0.39, 0.29) is 19.6 Å². The Labute approximate surface area is 130 Å². The number of aromatic carboxylic acids is 1. The Bertz CT molecular complexity index is 860. The molecular formula is C10H8BrN2O6S2-. The molecule has 0 aliphatic rings. The van der Waals surface area contributed by atoms with E-state index in [2.05, 4.69) is 20.9 Å². The molecule has 0 saturated heterocycles. The zero-order valence-electron chi connectivity index (χ0n) is 10.4. The van der Waals surface area contributed by atoms with Crippen molar-refractivity contribution in [2.75, 3.05) is 9.97 Å². The van der Waals surface area contributed by atoms with E-state index in [0.29, 0.717) is 10.9 Å². The summed E-state index contributed by atoms with van der Waals surface area (Å²) in [4.78, 5) is 13.5. The highest BCUT2D eigenvalue weighted by Crippen LogP contribution is 2.33. The maximum atomic E-state index is 11.6. The average Bonchev–Trinajstić information content (AvgIpc) is 2.70. The second-order valence-corrected chi connectivity index (χ2v) is 7.80. The number of carboxylic acids is 1. The van der Waals surface area contributed by atoms with Crippen LogP contribution in [-0.4, -0.2) is 39.5 Å². The lowest BCUT2D eigenvalue weighted by Gasteiger charge is -2.24. The number of sulfonamides is 1. The number of nitrogens with zero attached hydrogens (tertiary/aromatic N) is 1. The van der Waals surface area contributed by atoms with Crippen molar-refractivity contribution in [3.63, 3.8) is 0 Å². The minimum absolute atomic E-state index is 0.0943. The monoisotopic (exact) mass is 395 g/mol. The third-order valence-corrected chi connectivity index (χ3v) is 5.63. The van der Waals surface area contributed by atoms with Gasteiger partial charge in [-0.1, -0.05) is 0 Å². The van der Waals surface area contributed by atoms with Crippen LogP contribution in [0, 0.1) is 0 Å². The Morgan fingerprint density at radius 1 is 1.43 bits per heavy atom. The average molecular weight is 396 g/mol. The van der Waals surface area contributed by atoms with E-state index in [0.717, 1.165) is 6.26 Å². The molecule has 8 nitrogen and oxygen atoms in total. The molecule has 2 N–H and O–H groups in total. The van der Waals surface area contributed by atoms with Gasteiger partial charge in [-0.15, -0.1) is 0 Å². The maximum absolute atomic E-state index is 11.6. The van der Waals surface area contributed by atoms with Crippen LogP contribution >= 0.6 is 15.9 Å². The summed E-state index contributed by atoms with van der Waals surface area (Å²) in [6.07, 6.45) is 0.747. The molecule has 0 aliphatic heterocycles. The number of aromatic amines is 1. The van der Waals surface area contributed by atoms with Crippen molar-refractivity contribution in [2.45, 2.75) is 0 Å². The lowest BCUT2D eigenvalue weighted by atomic mass is 10.2. The number of anilines is 1. The fourth-order valence-electron chi connectivity index (χ4n) is 1.77.